The SMILES string of the molecule is COc1ccc([Si](C)(C)[C@@H]2[C@@H](CC(=O)N(CCO)Cc3ccccc3)O[C@]3(C(=O)N(Cc4cccc(N5CN(c6ccccc6)C6(CCNCC6)C5=O)c4)c4ccc([N+](=O)[O-])cc43)[C@H]2C)cc1. The Hall–Kier alpha value is -6.39. The number of para-hydroxylation sites is 1. The van der Waals surface area contributed by atoms with Gasteiger partial charge in [-0.1, -0.05) is 98.0 Å². The van der Waals surface area contributed by atoms with Crippen molar-refractivity contribution in [2.24, 2.45) is 5.92 Å². The van der Waals surface area contributed by atoms with Crippen LogP contribution < -0.4 is 29.9 Å². The molecule has 15 heteroatoms. The van der Waals surface area contributed by atoms with Crippen molar-refractivity contribution < 1.29 is 33.9 Å². The number of anilines is 3. The number of benzene rings is 5. The molecule has 67 heavy (non-hydrogen) atoms. The third-order valence-corrected chi connectivity index (χ3v) is 19.2. The van der Waals surface area contributed by atoms with Gasteiger partial charge >= 0.3 is 0 Å². The van der Waals surface area contributed by atoms with Gasteiger partial charge in [-0.05, 0) is 85.1 Å². The molecule has 3 amide bonds. The molecule has 0 aromatic heterocycles. The van der Waals surface area contributed by atoms with Gasteiger partial charge in [-0.3, -0.25) is 29.4 Å². The van der Waals surface area contributed by atoms with E-state index in [0.29, 0.717) is 42.2 Å². The van der Waals surface area contributed by atoms with Gasteiger partial charge in [-0.15, -0.1) is 0 Å². The van der Waals surface area contributed by atoms with E-state index in [1.54, 1.807) is 23.0 Å². The summed E-state index contributed by atoms with van der Waals surface area (Å²) in [6, 6.07) is 39.7. The fraction of sp³-hybridized carbons (Fsp3) is 0.365. The number of aliphatic hydroxyl groups excluding tert-OH is 1. The number of amides is 3. The molecular formula is C52H58N6O8Si. The second-order valence-corrected chi connectivity index (χ2v) is 23.5. The largest absolute Gasteiger partial charge is 0.497 e. The number of hydrogen-bond donors (Lipinski definition) is 2. The van der Waals surface area contributed by atoms with Gasteiger partial charge in [0.05, 0.1) is 58.1 Å². The Balaban J connectivity index is 1.09. The number of nitrogens with one attached hydrogen (secondary N) is 1. The molecule has 0 saturated carbocycles. The Morgan fingerprint density at radius 2 is 1.57 bits per heavy atom. The Labute approximate surface area is 392 Å². The van der Waals surface area contributed by atoms with Crippen molar-refractivity contribution in [1.29, 1.82) is 0 Å². The first-order chi connectivity index (χ1) is 32.3. The summed E-state index contributed by atoms with van der Waals surface area (Å²) in [5.74, 6) is -0.393. The molecule has 2 spiro atoms. The number of carbonyl (C=O) groups excluding carboxylic acids is 3. The molecule has 5 aromatic rings. The van der Waals surface area contributed by atoms with E-state index in [1.807, 2.05) is 121 Å². The van der Waals surface area contributed by atoms with Gasteiger partial charge in [0.15, 0.2) is 5.60 Å². The summed E-state index contributed by atoms with van der Waals surface area (Å²) in [6.45, 7) is 8.50. The smallest absolute Gasteiger partial charge is 0.269 e. The number of nitro benzene ring substituents is 1. The van der Waals surface area contributed by atoms with Crippen LogP contribution >= 0.6 is 0 Å². The second kappa shape index (κ2) is 18.4. The number of non-ortho nitro benzene ring substituents is 1. The summed E-state index contributed by atoms with van der Waals surface area (Å²) in [5.41, 5.74) is 1.39. The number of piperidine rings is 1. The average Bonchev–Trinajstić information content (AvgIpc) is 3.89. The predicted octanol–water partition coefficient (Wildman–Crippen LogP) is 6.71. The Morgan fingerprint density at radius 3 is 2.24 bits per heavy atom. The first kappa shape index (κ1) is 45.7. The highest BCUT2D eigenvalue weighted by Gasteiger charge is 2.67. The molecule has 2 N–H and O–H groups in total. The number of rotatable bonds is 14. The molecule has 4 atom stereocenters. The zero-order chi connectivity index (χ0) is 47.1. The van der Waals surface area contributed by atoms with Crippen LogP contribution in [-0.4, -0.2) is 92.4 Å². The standard InChI is InChI=1S/C52H58N6O8Si/c1-36-48(67(3,4)43-21-19-42(65-2)20-22-43)46(32-47(60)54(28-29-59)33-37-12-7-5-8-13-37)66-52(36)44-31-41(58(63)64)18-23-45(44)55(50(52)62)34-38-14-11-17-40(30-38)56-35-57(39-15-9-6-10-16-39)51(49(56)61)24-26-53-27-25-51/h5-23,30-31,36,46,48,53,59H,24-29,32-35H2,1-4H3/t36-,46+,48-,52+/m0/s1. The molecule has 0 radical (unpaired) electrons. The van der Waals surface area contributed by atoms with Crippen molar-refractivity contribution in [2.45, 2.75) is 75.2 Å². The molecule has 0 unspecified atom stereocenters. The van der Waals surface area contributed by atoms with Gasteiger partial charge in [-0.2, -0.15) is 0 Å². The Bertz CT molecular complexity index is 2650. The molecule has 3 saturated heterocycles. The number of fused-ring (bicyclic) bond motifs is 2. The lowest BCUT2D eigenvalue weighted by Crippen LogP contribution is -2.55. The van der Waals surface area contributed by atoms with Gasteiger partial charge in [0, 0.05) is 48.1 Å². The van der Waals surface area contributed by atoms with Crippen molar-refractivity contribution in [2.75, 3.05) is 54.7 Å². The molecule has 14 nitrogen and oxygen atoms in total. The monoisotopic (exact) mass is 922 g/mol. The average molecular weight is 923 g/mol. The molecule has 4 heterocycles. The van der Waals surface area contributed by atoms with E-state index in [1.165, 1.54) is 12.1 Å². The molecule has 348 valence electrons. The highest BCUT2D eigenvalue weighted by atomic mass is 28.3. The summed E-state index contributed by atoms with van der Waals surface area (Å²) in [5, 5.41) is 27.1. The lowest BCUT2D eigenvalue weighted by atomic mass is 9.82. The minimum Gasteiger partial charge on any atom is -0.497 e. The van der Waals surface area contributed by atoms with E-state index in [4.69, 9.17) is 9.47 Å². The lowest BCUT2D eigenvalue weighted by Gasteiger charge is -2.39. The van der Waals surface area contributed by atoms with Crippen LogP contribution in [0.4, 0.5) is 22.7 Å². The molecule has 0 aliphatic carbocycles. The van der Waals surface area contributed by atoms with Crippen LogP contribution in [0.5, 0.6) is 5.75 Å². The van der Waals surface area contributed by atoms with Gasteiger partial charge in [0.2, 0.25) is 5.91 Å². The van der Waals surface area contributed by atoms with Crippen molar-refractivity contribution in [1.82, 2.24) is 10.2 Å². The maximum atomic E-state index is 15.7. The van der Waals surface area contributed by atoms with E-state index >= 15 is 4.79 Å². The normalized spacial score (nSPS) is 22.2. The van der Waals surface area contributed by atoms with Crippen LogP contribution in [-0.2, 0) is 37.8 Å². The maximum Gasteiger partial charge on any atom is 0.269 e. The summed E-state index contributed by atoms with van der Waals surface area (Å²) in [4.78, 5) is 64.2. The molecule has 0 bridgehead atoms. The first-order valence-corrected chi connectivity index (χ1v) is 26.2. The minimum atomic E-state index is -2.71. The molecule has 9 rings (SSSR count). The van der Waals surface area contributed by atoms with Crippen LogP contribution in [0, 0.1) is 16.0 Å². The van der Waals surface area contributed by atoms with Gasteiger partial charge in [0.1, 0.15) is 11.3 Å². The van der Waals surface area contributed by atoms with Crippen LogP contribution in [0.3, 0.4) is 0 Å². The molecule has 4 aliphatic heterocycles. The molecule has 5 aromatic carbocycles. The maximum absolute atomic E-state index is 15.7. The first-order valence-electron chi connectivity index (χ1n) is 23.1. The summed E-state index contributed by atoms with van der Waals surface area (Å²) in [6.07, 6.45) is 0.497. The van der Waals surface area contributed by atoms with Gasteiger partial charge < -0.3 is 34.6 Å². The summed E-state index contributed by atoms with van der Waals surface area (Å²) >= 11 is 0. The molecule has 4 aliphatic rings. The van der Waals surface area contributed by atoms with Crippen molar-refractivity contribution in [3.05, 3.63) is 154 Å². The Morgan fingerprint density at radius 1 is 0.896 bits per heavy atom. The van der Waals surface area contributed by atoms with E-state index in [0.717, 1.165) is 35.1 Å². The third-order valence-electron chi connectivity index (χ3n) is 14.8. The predicted molar refractivity (Wildman–Crippen MR) is 260 cm³/mol. The molecule has 3 fully saturated rings. The van der Waals surface area contributed by atoms with Crippen LogP contribution in [0.1, 0.15) is 42.9 Å². The van der Waals surface area contributed by atoms with Crippen molar-refractivity contribution in [3.8, 4) is 5.75 Å². The minimum absolute atomic E-state index is 0.0358. The van der Waals surface area contributed by atoms with Crippen LogP contribution in [0.15, 0.2) is 127 Å². The van der Waals surface area contributed by atoms with Crippen molar-refractivity contribution >= 4 is 53.7 Å². The molecular weight excluding hydrogens is 865 g/mol. The zero-order valence-corrected chi connectivity index (χ0v) is 39.5. The number of hydrogen-bond acceptors (Lipinski definition) is 10. The van der Waals surface area contributed by atoms with E-state index in [2.05, 4.69) is 23.3 Å². The number of ether oxygens (including phenoxy) is 2. The topological polar surface area (TPSA) is 158 Å². The van der Waals surface area contributed by atoms with Gasteiger partial charge in [-0.25, -0.2) is 0 Å². The number of methoxy groups -OCH3 is 1. The van der Waals surface area contributed by atoms with E-state index in [9.17, 15) is 24.8 Å². The number of nitro groups is 1. The number of aliphatic hydroxyl groups is 1. The lowest BCUT2D eigenvalue weighted by molar-refractivity contribution is -0.385. The van der Waals surface area contributed by atoms with Crippen LogP contribution in [0.25, 0.3) is 0 Å². The summed E-state index contributed by atoms with van der Waals surface area (Å²) in [7, 11) is -1.09. The quantitative estimate of drug-likeness (QED) is 0.0697. The fourth-order valence-corrected chi connectivity index (χ4v) is 15.5. The van der Waals surface area contributed by atoms with Gasteiger partial charge in [0.25, 0.3) is 17.5 Å². The van der Waals surface area contributed by atoms with Crippen molar-refractivity contribution in [3.63, 3.8) is 0 Å². The fourth-order valence-electron chi connectivity index (χ4n) is 11.5. The number of carbonyl (C=O) groups is 3. The zero-order valence-electron chi connectivity index (χ0n) is 38.5. The highest BCUT2D eigenvalue weighted by Crippen LogP contribution is 2.60. The number of nitrogens with zero attached hydrogens (tertiary/aromatic N) is 5. The second-order valence-electron chi connectivity index (χ2n) is 18.8. The van der Waals surface area contributed by atoms with Crippen LogP contribution in [0.2, 0.25) is 18.6 Å². The van der Waals surface area contributed by atoms with E-state index < -0.39 is 36.2 Å². The Kier molecular flexibility index (Phi) is 12.5. The van der Waals surface area contributed by atoms with E-state index in [-0.39, 0.29) is 61.6 Å². The summed E-state index contributed by atoms with van der Waals surface area (Å²) < 4.78 is 12.7. The highest BCUT2D eigenvalue weighted by molar-refractivity contribution is 6.91. The third kappa shape index (κ3) is 8.07.